The van der Waals surface area contributed by atoms with E-state index in [1.807, 2.05) is 13.8 Å². The van der Waals surface area contributed by atoms with Crippen molar-refractivity contribution in [2.75, 3.05) is 18.0 Å². The molecule has 4 heterocycles. The molecule has 0 N–H and O–H groups in total. The predicted molar refractivity (Wildman–Crippen MR) is 148 cm³/mol. The summed E-state index contributed by atoms with van der Waals surface area (Å²) in [6.45, 7) is 12.4. The number of pyridine rings is 3. The highest BCUT2D eigenvalue weighted by molar-refractivity contribution is 5.89. The number of anilines is 1. The third kappa shape index (κ3) is 5.39. The lowest BCUT2D eigenvalue weighted by atomic mass is 9.94. The van der Waals surface area contributed by atoms with Crippen LogP contribution in [0.3, 0.4) is 0 Å². The Morgan fingerprint density at radius 2 is 1.83 bits per heavy atom. The molecule has 3 aromatic heterocycles. The lowest BCUT2D eigenvalue weighted by Crippen LogP contribution is -2.58. The summed E-state index contributed by atoms with van der Waals surface area (Å²) in [5.74, 6) is -0.192. The van der Waals surface area contributed by atoms with Gasteiger partial charge in [0.15, 0.2) is 0 Å². The summed E-state index contributed by atoms with van der Waals surface area (Å²) >= 11 is 0. The van der Waals surface area contributed by atoms with Crippen LogP contribution in [-0.4, -0.2) is 44.6 Å². The molecule has 1 fully saturated rings. The highest BCUT2D eigenvalue weighted by Crippen LogP contribution is 2.37. The summed E-state index contributed by atoms with van der Waals surface area (Å²) in [4.78, 5) is 29.4. The average Bonchev–Trinajstić information content (AvgIpc) is 2.96. The molecular weight excluding hydrogens is 536 g/mol. The molecule has 7 nitrogen and oxygen atoms in total. The minimum absolute atomic E-state index is 0.103. The van der Waals surface area contributed by atoms with Crippen molar-refractivity contribution in [2.45, 2.75) is 44.6 Å². The molecule has 0 saturated carbocycles. The van der Waals surface area contributed by atoms with E-state index in [-0.39, 0.29) is 23.5 Å². The van der Waals surface area contributed by atoms with Crippen molar-refractivity contribution < 1.29 is 17.6 Å². The summed E-state index contributed by atoms with van der Waals surface area (Å²) in [5.41, 5.74) is 1.88. The van der Waals surface area contributed by atoms with Crippen LogP contribution in [0.15, 0.2) is 65.6 Å². The average molecular weight is 565 g/mol. The first kappa shape index (κ1) is 28.2. The van der Waals surface area contributed by atoms with Crippen LogP contribution in [0.2, 0.25) is 0 Å². The zero-order valence-corrected chi connectivity index (χ0v) is 22.7. The summed E-state index contributed by atoms with van der Waals surface area (Å²) in [5, 5.41) is 0. The number of aromatic nitrogens is 3. The Kier molecular flexibility index (Phi) is 7.53. The molecular formula is C30H28F4N6O. The Hall–Kier alpha value is -4.30. The summed E-state index contributed by atoms with van der Waals surface area (Å²) in [6, 6.07) is 12.4. The molecule has 1 aliphatic heterocycles. The van der Waals surface area contributed by atoms with Crippen molar-refractivity contribution >= 4 is 22.5 Å². The van der Waals surface area contributed by atoms with Crippen molar-refractivity contribution in [1.82, 2.24) is 19.4 Å². The standard InChI is InChI=1S/C30H28F4N6O/c1-5-22-17-39(25-14-27(41)38(4)24-12-13-26(35-3)37-28(24)25)18(2)16-40(22)29(19-6-9-21(31)10-7-19)23-11-8-20(15-36-23)30(32,33)34/h6-15,18,22,29H,5,16-17H2,1-2,4H3/t18-,22+,29?/m0/s1. The maximum Gasteiger partial charge on any atom is 0.417 e. The van der Waals surface area contributed by atoms with Gasteiger partial charge in [0.25, 0.3) is 11.4 Å². The number of hydrogen-bond acceptors (Lipinski definition) is 5. The third-order valence-electron chi connectivity index (χ3n) is 7.74. The van der Waals surface area contributed by atoms with Gasteiger partial charge in [-0.1, -0.05) is 25.6 Å². The van der Waals surface area contributed by atoms with Crippen molar-refractivity contribution in [3.05, 3.63) is 105 Å². The van der Waals surface area contributed by atoms with Gasteiger partial charge in [0.05, 0.1) is 28.5 Å². The Balaban J connectivity index is 1.57. The number of halogens is 4. The maximum atomic E-state index is 13.9. The fourth-order valence-electron chi connectivity index (χ4n) is 5.57. The fourth-order valence-corrected chi connectivity index (χ4v) is 5.57. The largest absolute Gasteiger partial charge is 0.417 e. The molecule has 4 aromatic rings. The maximum absolute atomic E-state index is 13.9. The number of benzene rings is 1. The van der Waals surface area contributed by atoms with Crippen molar-refractivity contribution in [2.24, 2.45) is 7.05 Å². The zero-order valence-electron chi connectivity index (χ0n) is 22.7. The topological polar surface area (TPSA) is 58.6 Å². The highest BCUT2D eigenvalue weighted by atomic mass is 19.4. The van der Waals surface area contributed by atoms with Crippen molar-refractivity contribution in [3.63, 3.8) is 0 Å². The molecule has 0 amide bonds. The lowest BCUT2D eigenvalue weighted by molar-refractivity contribution is -0.137. The molecule has 0 aliphatic carbocycles. The molecule has 41 heavy (non-hydrogen) atoms. The van der Waals surface area contributed by atoms with E-state index in [2.05, 4.69) is 24.6 Å². The van der Waals surface area contributed by atoms with Gasteiger partial charge in [-0.3, -0.25) is 14.7 Å². The van der Waals surface area contributed by atoms with E-state index in [0.717, 1.165) is 12.3 Å². The predicted octanol–water partition coefficient (Wildman–Crippen LogP) is 6.12. The van der Waals surface area contributed by atoms with Crippen LogP contribution in [0.25, 0.3) is 15.9 Å². The van der Waals surface area contributed by atoms with Crippen LogP contribution in [0.5, 0.6) is 0 Å². The van der Waals surface area contributed by atoms with Crippen LogP contribution in [0.1, 0.15) is 43.1 Å². The lowest BCUT2D eigenvalue weighted by Gasteiger charge is -2.49. The minimum atomic E-state index is -4.51. The van der Waals surface area contributed by atoms with Gasteiger partial charge in [0.1, 0.15) is 5.82 Å². The molecule has 1 unspecified atom stereocenters. The second-order valence-electron chi connectivity index (χ2n) is 10.3. The van der Waals surface area contributed by atoms with Crippen LogP contribution >= 0.6 is 0 Å². The first-order chi connectivity index (χ1) is 19.5. The summed E-state index contributed by atoms with van der Waals surface area (Å²) in [6.07, 6.45) is -3.00. The molecule has 1 aromatic carbocycles. The van der Waals surface area contributed by atoms with Gasteiger partial charge in [0, 0.05) is 44.5 Å². The summed E-state index contributed by atoms with van der Waals surface area (Å²) < 4.78 is 55.2. The van der Waals surface area contributed by atoms with E-state index in [4.69, 9.17) is 6.57 Å². The molecule has 0 radical (unpaired) electrons. The number of rotatable bonds is 5. The van der Waals surface area contributed by atoms with Crippen molar-refractivity contribution in [3.8, 4) is 0 Å². The van der Waals surface area contributed by atoms with Gasteiger partial charge in [-0.15, -0.1) is 4.98 Å². The van der Waals surface area contributed by atoms with Gasteiger partial charge in [-0.05, 0) is 55.3 Å². The van der Waals surface area contributed by atoms with E-state index in [1.54, 1.807) is 31.3 Å². The molecule has 3 atom stereocenters. The minimum Gasteiger partial charge on any atom is -0.362 e. The van der Waals surface area contributed by atoms with E-state index < -0.39 is 23.6 Å². The first-order valence-electron chi connectivity index (χ1n) is 13.2. The van der Waals surface area contributed by atoms with Gasteiger partial charge in [-0.2, -0.15) is 13.2 Å². The fraction of sp³-hybridized carbons (Fsp3) is 0.333. The molecule has 1 saturated heterocycles. The number of aryl methyl sites for hydroxylation is 1. The molecule has 212 valence electrons. The Morgan fingerprint density at radius 3 is 2.44 bits per heavy atom. The van der Waals surface area contributed by atoms with Crippen molar-refractivity contribution in [1.29, 1.82) is 0 Å². The number of piperazine rings is 1. The number of nitrogens with zero attached hydrogens (tertiary/aromatic N) is 6. The Morgan fingerprint density at radius 1 is 1.10 bits per heavy atom. The summed E-state index contributed by atoms with van der Waals surface area (Å²) in [7, 11) is 1.66. The number of fused-ring (bicyclic) bond motifs is 1. The second-order valence-corrected chi connectivity index (χ2v) is 10.3. The third-order valence-corrected chi connectivity index (χ3v) is 7.74. The zero-order chi connectivity index (χ0) is 29.5. The second kappa shape index (κ2) is 10.9. The SMILES string of the molecule is [C-]#[N+]c1ccc2c(n1)c(N1C[C@@H](CC)N(C(c3ccc(F)cc3)c3ccc(C(F)(F)F)cn3)C[C@@H]1C)cc(=O)n2C. The Labute approximate surface area is 234 Å². The molecule has 11 heteroatoms. The van der Waals surface area contributed by atoms with Crippen LogP contribution < -0.4 is 10.5 Å². The number of hydrogen-bond donors (Lipinski definition) is 0. The smallest absolute Gasteiger partial charge is 0.362 e. The molecule has 0 bridgehead atoms. The van der Waals surface area contributed by atoms with E-state index >= 15 is 0 Å². The van der Waals surface area contributed by atoms with Crippen LogP contribution in [-0.2, 0) is 13.2 Å². The molecule has 0 spiro atoms. The van der Waals surface area contributed by atoms with Gasteiger partial charge >= 0.3 is 6.18 Å². The highest BCUT2D eigenvalue weighted by Gasteiger charge is 2.38. The van der Waals surface area contributed by atoms with Crippen LogP contribution in [0, 0.1) is 12.4 Å². The monoisotopic (exact) mass is 564 g/mol. The van der Waals surface area contributed by atoms with Crippen LogP contribution in [0.4, 0.5) is 29.1 Å². The molecule has 1 aliphatic rings. The Bertz CT molecular complexity index is 1660. The van der Waals surface area contributed by atoms with Gasteiger partial charge in [-0.25, -0.2) is 4.39 Å². The quantitative estimate of drug-likeness (QED) is 0.216. The normalized spacial score (nSPS) is 18.8. The number of alkyl halides is 3. The van der Waals surface area contributed by atoms with E-state index in [1.165, 1.54) is 28.8 Å². The first-order valence-corrected chi connectivity index (χ1v) is 13.2. The van der Waals surface area contributed by atoms with E-state index in [9.17, 15) is 22.4 Å². The molecule has 5 rings (SSSR count). The van der Waals surface area contributed by atoms with Gasteiger partial charge < -0.3 is 14.3 Å². The van der Waals surface area contributed by atoms with Gasteiger partial charge in [0.2, 0.25) is 5.52 Å². The van der Waals surface area contributed by atoms with E-state index in [0.29, 0.717) is 47.5 Å².